The highest BCUT2D eigenvalue weighted by atomic mass is 31.2. The van der Waals surface area contributed by atoms with Crippen LogP contribution in [0.5, 0.6) is 0 Å². The van der Waals surface area contributed by atoms with Crippen molar-refractivity contribution >= 4 is 15.6 Å². The molecule has 6 unspecified atom stereocenters. The maximum absolute atomic E-state index is 11.2. The van der Waals surface area contributed by atoms with Crippen LogP contribution in [-0.2, 0) is 36.7 Å². The summed E-state index contributed by atoms with van der Waals surface area (Å²) in [6.45, 7) is 0.181. The molecule has 2 aliphatic rings. The number of aliphatic hydroxyl groups is 1. The second-order valence-corrected chi connectivity index (χ2v) is 8.88. The van der Waals surface area contributed by atoms with Crippen LogP contribution in [-0.4, -0.2) is 73.3 Å². The Bertz CT molecular complexity index is 485. The quantitative estimate of drug-likeness (QED) is 0.366. The topological polar surface area (TPSA) is 150 Å². The molecule has 2 fully saturated rings. The Morgan fingerprint density at radius 1 is 0.880 bits per heavy atom. The van der Waals surface area contributed by atoms with Gasteiger partial charge in [-0.25, -0.2) is 9.13 Å². The predicted octanol–water partition coefficient (Wildman–Crippen LogP) is 0.437. The second-order valence-electron chi connectivity index (χ2n) is 5.85. The van der Waals surface area contributed by atoms with E-state index in [1.165, 1.54) is 0 Å². The number of phosphoric acid groups is 2. The van der Waals surface area contributed by atoms with Crippen LogP contribution >= 0.6 is 15.6 Å². The zero-order valence-electron chi connectivity index (χ0n) is 13.9. The van der Waals surface area contributed by atoms with Crippen LogP contribution in [0.3, 0.4) is 0 Å². The molecule has 0 aromatic heterocycles. The highest BCUT2D eigenvalue weighted by Crippen LogP contribution is 2.50. The lowest BCUT2D eigenvalue weighted by molar-refractivity contribution is -0.0111. The minimum Gasteiger partial charge on any atom is -0.396 e. The van der Waals surface area contributed by atoms with Crippen LogP contribution in [0.2, 0.25) is 0 Å². The van der Waals surface area contributed by atoms with Crippen LogP contribution in [0, 0.1) is 5.92 Å². The standard InChI is InChI=1S/C12H24O11P2/c1-18-24(14,15)22-11-3-9(11)20-6-8(5-13)7-21-10-4-12(10)23-25(16,17)19-2/h8-13H,3-7H2,1-2H3,(H,14,15)(H,16,17). The van der Waals surface area contributed by atoms with Gasteiger partial charge < -0.3 is 24.4 Å². The number of rotatable bonds is 13. The first-order valence-corrected chi connectivity index (χ1v) is 10.7. The molecule has 0 amide bonds. The molecule has 13 heteroatoms. The van der Waals surface area contributed by atoms with Crippen molar-refractivity contribution in [3.63, 3.8) is 0 Å². The van der Waals surface area contributed by atoms with E-state index in [9.17, 15) is 24.0 Å². The summed E-state index contributed by atoms with van der Waals surface area (Å²) >= 11 is 0. The van der Waals surface area contributed by atoms with Crippen molar-refractivity contribution in [1.29, 1.82) is 0 Å². The van der Waals surface area contributed by atoms with Gasteiger partial charge in [0, 0.05) is 33.0 Å². The summed E-state index contributed by atoms with van der Waals surface area (Å²) in [7, 11) is -5.89. The van der Waals surface area contributed by atoms with E-state index in [1.54, 1.807) is 0 Å². The molecule has 0 aromatic carbocycles. The highest BCUT2D eigenvalue weighted by molar-refractivity contribution is 7.47. The molecule has 2 aliphatic carbocycles. The summed E-state index contributed by atoms with van der Waals surface area (Å²) in [6, 6.07) is 0. The van der Waals surface area contributed by atoms with Crippen LogP contribution in [0.1, 0.15) is 12.8 Å². The number of hydrogen-bond donors (Lipinski definition) is 3. The van der Waals surface area contributed by atoms with Gasteiger partial charge in [-0.15, -0.1) is 0 Å². The normalized spacial score (nSPS) is 34.1. The predicted molar refractivity (Wildman–Crippen MR) is 82.7 cm³/mol. The van der Waals surface area contributed by atoms with E-state index in [4.69, 9.17) is 18.5 Å². The Kier molecular flexibility index (Phi) is 7.58. The largest absolute Gasteiger partial charge is 0.472 e. The van der Waals surface area contributed by atoms with E-state index in [0.29, 0.717) is 12.8 Å². The van der Waals surface area contributed by atoms with E-state index in [1.807, 2.05) is 0 Å². The van der Waals surface area contributed by atoms with Gasteiger partial charge in [-0.2, -0.15) is 0 Å². The molecule has 0 spiro atoms. The molecule has 0 bridgehead atoms. The fraction of sp³-hybridized carbons (Fsp3) is 1.00. The summed E-state index contributed by atoms with van der Waals surface area (Å²) in [5.41, 5.74) is 0. The summed E-state index contributed by atoms with van der Waals surface area (Å²) in [5, 5.41) is 9.34. The maximum Gasteiger partial charge on any atom is 0.472 e. The molecule has 11 nitrogen and oxygen atoms in total. The average Bonchev–Trinajstić information content (AvgIpc) is 3.46. The van der Waals surface area contributed by atoms with Gasteiger partial charge in [0.25, 0.3) is 0 Å². The third kappa shape index (κ3) is 7.32. The molecule has 6 atom stereocenters. The molecule has 25 heavy (non-hydrogen) atoms. The van der Waals surface area contributed by atoms with Crippen molar-refractivity contribution in [2.24, 2.45) is 5.92 Å². The monoisotopic (exact) mass is 406 g/mol. The first-order chi connectivity index (χ1) is 11.7. The van der Waals surface area contributed by atoms with Crippen molar-refractivity contribution in [2.75, 3.05) is 34.0 Å². The first kappa shape index (κ1) is 21.4. The van der Waals surface area contributed by atoms with Crippen molar-refractivity contribution in [1.82, 2.24) is 0 Å². The van der Waals surface area contributed by atoms with Crippen LogP contribution in [0.25, 0.3) is 0 Å². The Morgan fingerprint density at radius 3 is 1.60 bits per heavy atom. The molecule has 148 valence electrons. The van der Waals surface area contributed by atoms with E-state index in [-0.39, 0.29) is 37.9 Å². The number of phosphoric ester groups is 2. The average molecular weight is 406 g/mol. The molecule has 0 aliphatic heterocycles. The molecule has 0 heterocycles. The fourth-order valence-electron chi connectivity index (χ4n) is 1.97. The van der Waals surface area contributed by atoms with Gasteiger partial charge in [-0.1, -0.05) is 0 Å². The summed E-state index contributed by atoms with van der Waals surface area (Å²) in [5.74, 6) is -0.311. The maximum atomic E-state index is 11.2. The van der Waals surface area contributed by atoms with Crippen LogP contribution < -0.4 is 0 Å². The van der Waals surface area contributed by atoms with Crippen molar-refractivity contribution in [3.05, 3.63) is 0 Å². The Balaban J connectivity index is 1.60. The van der Waals surface area contributed by atoms with Gasteiger partial charge in [-0.05, 0) is 0 Å². The smallest absolute Gasteiger partial charge is 0.396 e. The molecule has 3 N–H and O–H groups in total. The zero-order chi connectivity index (χ0) is 18.7. The third-order valence-corrected chi connectivity index (χ3v) is 5.70. The molecule has 0 saturated heterocycles. The lowest BCUT2D eigenvalue weighted by atomic mass is 10.2. The van der Waals surface area contributed by atoms with Gasteiger partial charge in [0.2, 0.25) is 0 Å². The number of aliphatic hydroxyl groups excluding tert-OH is 1. The SMILES string of the molecule is COP(=O)(O)OC1CC1OCC(CO)COC1CC1OP(=O)(O)OC. The molecular formula is C12H24O11P2. The highest BCUT2D eigenvalue weighted by Gasteiger charge is 2.46. The number of ether oxygens (including phenoxy) is 2. The summed E-state index contributed by atoms with van der Waals surface area (Å²) < 4.78 is 51.8. The Hall–Kier alpha value is 0.1000. The minimum absolute atomic E-state index is 0.177. The first-order valence-electron chi connectivity index (χ1n) is 7.67. The van der Waals surface area contributed by atoms with Gasteiger partial charge in [-0.3, -0.25) is 18.1 Å². The summed E-state index contributed by atoms with van der Waals surface area (Å²) in [4.78, 5) is 18.4. The van der Waals surface area contributed by atoms with Crippen molar-refractivity contribution in [3.8, 4) is 0 Å². The Morgan fingerprint density at radius 2 is 1.28 bits per heavy atom. The van der Waals surface area contributed by atoms with Crippen LogP contribution in [0.4, 0.5) is 0 Å². The van der Waals surface area contributed by atoms with E-state index < -0.39 is 27.9 Å². The number of hydrogen-bond acceptors (Lipinski definition) is 9. The van der Waals surface area contributed by atoms with E-state index in [2.05, 4.69) is 9.05 Å². The minimum atomic E-state index is -4.02. The molecule has 0 radical (unpaired) electrons. The van der Waals surface area contributed by atoms with Gasteiger partial charge in [0.05, 0.1) is 44.2 Å². The van der Waals surface area contributed by atoms with E-state index >= 15 is 0 Å². The molecular weight excluding hydrogens is 382 g/mol. The third-order valence-electron chi connectivity index (χ3n) is 3.70. The van der Waals surface area contributed by atoms with Crippen molar-refractivity contribution < 1.29 is 51.6 Å². The van der Waals surface area contributed by atoms with E-state index in [0.717, 1.165) is 14.2 Å². The molecule has 0 aromatic rings. The fourth-order valence-corrected chi connectivity index (χ4v) is 3.27. The van der Waals surface area contributed by atoms with Crippen molar-refractivity contribution in [2.45, 2.75) is 37.3 Å². The zero-order valence-corrected chi connectivity index (χ0v) is 15.7. The van der Waals surface area contributed by atoms with Gasteiger partial charge in [0.1, 0.15) is 0 Å². The molecule has 2 rings (SSSR count). The van der Waals surface area contributed by atoms with Gasteiger partial charge in [0.15, 0.2) is 0 Å². The summed E-state index contributed by atoms with van der Waals surface area (Å²) in [6.07, 6.45) is -0.745. The lowest BCUT2D eigenvalue weighted by Crippen LogP contribution is -2.22. The molecule has 2 saturated carbocycles. The second kappa shape index (κ2) is 8.86. The van der Waals surface area contributed by atoms with Gasteiger partial charge >= 0.3 is 15.6 Å². The Labute approximate surface area is 145 Å². The lowest BCUT2D eigenvalue weighted by Gasteiger charge is -2.15. The van der Waals surface area contributed by atoms with Crippen LogP contribution in [0.15, 0.2) is 0 Å².